The molecule has 1 aromatic rings. The Morgan fingerprint density at radius 2 is 1.30 bits per heavy atom. The Labute approximate surface area is 138 Å². The number of carbonyl (C=O) groups is 1. The van der Waals surface area contributed by atoms with Gasteiger partial charge in [-0.05, 0) is 69.9 Å². The summed E-state index contributed by atoms with van der Waals surface area (Å²) in [6.45, 7) is 0. The van der Waals surface area contributed by atoms with E-state index in [9.17, 15) is 4.79 Å². The van der Waals surface area contributed by atoms with Crippen LogP contribution < -0.4 is 0 Å². The van der Waals surface area contributed by atoms with Gasteiger partial charge in [-0.3, -0.25) is 4.79 Å². The Balaban J connectivity index is 0.000000283. The molecule has 2 aliphatic rings. The van der Waals surface area contributed by atoms with Gasteiger partial charge in [-0.25, -0.2) is 0 Å². The molecular weight excluding hydrogens is 311 g/mol. The molecule has 0 aliphatic heterocycles. The average molecular weight is 325 g/mol. The number of hydrogen-bond donors (Lipinski definition) is 0. The maximum absolute atomic E-state index is 11.8. The van der Waals surface area contributed by atoms with E-state index >= 15 is 0 Å². The molecule has 3 rings (SSSR count). The first-order chi connectivity index (χ1) is 9.29. The summed E-state index contributed by atoms with van der Waals surface area (Å²) in [6, 6.07) is 7.07. The van der Waals surface area contributed by atoms with Gasteiger partial charge in [0.1, 0.15) is 0 Å². The van der Waals surface area contributed by atoms with Crippen LogP contribution in [0.2, 0.25) is 5.02 Å². The second-order valence-electron chi connectivity index (χ2n) is 3.94. The zero-order valence-electron chi connectivity index (χ0n) is 10.6. The molecule has 0 amide bonds. The maximum Gasteiger partial charge on any atom is 0.172 e. The van der Waals surface area contributed by atoms with E-state index in [-0.39, 0.29) is 22.9 Å². The van der Waals surface area contributed by atoms with Crippen molar-refractivity contribution in [2.45, 2.75) is 0 Å². The molecule has 2 saturated carbocycles. The third-order valence-electron chi connectivity index (χ3n) is 2.60. The number of hydrogen-bond acceptors (Lipinski definition) is 1. The van der Waals surface area contributed by atoms with Crippen LogP contribution in [0.5, 0.6) is 0 Å². The van der Waals surface area contributed by atoms with Gasteiger partial charge in [0.05, 0.1) is 10.9 Å². The average Bonchev–Trinajstić information content (AvgIpc) is 3.14. The molecule has 1 nitrogen and oxygen atoms in total. The summed E-state index contributed by atoms with van der Waals surface area (Å²) in [6.07, 6.45) is 17.2. The van der Waals surface area contributed by atoms with E-state index in [2.05, 4.69) is 0 Å². The van der Waals surface area contributed by atoms with Crippen molar-refractivity contribution < 1.29 is 21.9 Å². The van der Waals surface area contributed by atoms with E-state index in [4.69, 9.17) is 11.6 Å². The normalized spacial score (nSPS) is 18.1. The molecule has 2 aliphatic carbocycles. The van der Waals surface area contributed by atoms with Gasteiger partial charge < -0.3 is 0 Å². The van der Waals surface area contributed by atoms with Crippen molar-refractivity contribution in [3.05, 3.63) is 98.6 Å². The molecule has 3 heteroatoms. The summed E-state index contributed by atoms with van der Waals surface area (Å²) in [5.41, 5.74) is 0.556. The minimum atomic E-state index is -0.0272. The van der Waals surface area contributed by atoms with Crippen molar-refractivity contribution in [3.63, 3.8) is 0 Å². The van der Waals surface area contributed by atoms with Gasteiger partial charge in [0.2, 0.25) is 0 Å². The number of Topliss-reactive ketones (excluding diaryl/α,β-unsaturated/α-hetero) is 1. The fourth-order valence-corrected chi connectivity index (χ4v) is 1.87. The van der Waals surface area contributed by atoms with Gasteiger partial charge in [0.15, 0.2) is 5.78 Å². The van der Waals surface area contributed by atoms with Gasteiger partial charge in [-0.2, -0.15) is 0 Å². The van der Waals surface area contributed by atoms with Crippen molar-refractivity contribution in [2.24, 2.45) is 0 Å². The van der Waals surface area contributed by atoms with Crippen molar-refractivity contribution in [3.8, 4) is 0 Å². The van der Waals surface area contributed by atoms with E-state index in [0.717, 1.165) is 0 Å². The minimum absolute atomic E-state index is 0. The summed E-state index contributed by atoms with van der Waals surface area (Å²) in [5, 5.41) is 0.499. The molecular formula is C17H13ClFeO. The second kappa shape index (κ2) is 9.60. The fraction of sp³-hybridized carbons (Fsp3) is 0. The molecule has 1 aromatic carbocycles. The van der Waals surface area contributed by atoms with Crippen molar-refractivity contribution in [2.75, 3.05) is 0 Å². The van der Waals surface area contributed by atoms with Crippen LogP contribution in [-0.2, 0) is 17.1 Å². The Morgan fingerprint density at radius 1 is 0.800 bits per heavy atom. The van der Waals surface area contributed by atoms with Gasteiger partial charge in [0, 0.05) is 22.6 Å². The molecule has 0 unspecified atom stereocenters. The van der Waals surface area contributed by atoms with E-state index in [0.29, 0.717) is 16.5 Å². The standard InChI is InChI=1S/C12H8ClO.C5H5.Fe/c13-11-8-4-3-7-10(11)12(14)9-5-1-2-6-9;1-2-4-5-3-1;/h1-8H;1-5H;. The first-order valence-corrected chi connectivity index (χ1v) is 6.34. The quantitative estimate of drug-likeness (QED) is 0.595. The molecule has 0 saturated heterocycles. The van der Waals surface area contributed by atoms with Gasteiger partial charge in [-0.1, -0.05) is 23.7 Å². The number of rotatable bonds is 2. The summed E-state index contributed by atoms with van der Waals surface area (Å²) in [7, 11) is 0. The zero-order chi connectivity index (χ0) is 13.5. The van der Waals surface area contributed by atoms with Crippen molar-refractivity contribution in [1.82, 2.24) is 0 Å². The van der Waals surface area contributed by atoms with Crippen LogP contribution in [0.1, 0.15) is 10.4 Å². The van der Waals surface area contributed by atoms with E-state index in [1.54, 1.807) is 25.0 Å². The van der Waals surface area contributed by atoms with Crippen molar-refractivity contribution >= 4 is 17.4 Å². The Morgan fingerprint density at radius 3 is 1.80 bits per heavy atom. The van der Waals surface area contributed by atoms with Crippen LogP contribution in [0.25, 0.3) is 0 Å². The minimum Gasteiger partial charge on any atom is -0.293 e. The Hall–Kier alpha value is -0.301. The van der Waals surface area contributed by atoms with Crippen molar-refractivity contribution in [1.29, 1.82) is 0 Å². The number of carbonyl (C=O) groups excluding carboxylic acids is 1. The first kappa shape index (κ1) is 17.8. The third kappa shape index (κ3) is 5.24. The Kier molecular flexibility index (Phi) is 8.52. The van der Waals surface area contributed by atoms with Crippen LogP contribution in [0.3, 0.4) is 0 Å². The smallest absolute Gasteiger partial charge is 0.172 e. The SMILES string of the molecule is O=C([C]1[CH][CH][CH][CH]1)c1ccccc1Cl.[CH]1[CH][CH][CH][CH]1.[Fe]. The largest absolute Gasteiger partial charge is 0.293 e. The van der Waals surface area contributed by atoms with E-state index < -0.39 is 0 Å². The third-order valence-corrected chi connectivity index (χ3v) is 2.93. The van der Waals surface area contributed by atoms with Crippen LogP contribution in [0.15, 0.2) is 24.3 Å². The number of ketones is 1. The first-order valence-electron chi connectivity index (χ1n) is 5.96. The molecule has 102 valence electrons. The summed E-state index contributed by atoms with van der Waals surface area (Å²) >= 11 is 5.92. The van der Waals surface area contributed by atoms with E-state index in [1.807, 2.05) is 57.1 Å². The maximum atomic E-state index is 11.8. The molecule has 0 aromatic heterocycles. The van der Waals surface area contributed by atoms with Crippen LogP contribution in [0, 0.1) is 63.7 Å². The zero-order valence-corrected chi connectivity index (χ0v) is 12.5. The number of halogens is 1. The fourth-order valence-electron chi connectivity index (χ4n) is 1.65. The summed E-state index contributed by atoms with van der Waals surface area (Å²) in [4.78, 5) is 11.8. The molecule has 0 bridgehead atoms. The van der Waals surface area contributed by atoms with Gasteiger partial charge in [-0.15, -0.1) is 0 Å². The predicted molar refractivity (Wildman–Crippen MR) is 77.7 cm³/mol. The summed E-state index contributed by atoms with van der Waals surface area (Å²) in [5.74, 6) is 0.652. The molecule has 0 heterocycles. The second-order valence-corrected chi connectivity index (χ2v) is 4.35. The molecule has 0 atom stereocenters. The molecule has 2 fully saturated rings. The number of benzene rings is 1. The molecule has 10 radical (unpaired) electrons. The summed E-state index contributed by atoms with van der Waals surface area (Å²) < 4.78 is 0. The van der Waals surface area contributed by atoms with E-state index in [1.165, 1.54) is 0 Å². The van der Waals surface area contributed by atoms with Crippen LogP contribution in [0.4, 0.5) is 0 Å². The van der Waals surface area contributed by atoms with Gasteiger partial charge in [0.25, 0.3) is 0 Å². The van der Waals surface area contributed by atoms with Gasteiger partial charge >= 0.3 is 0 Å². The monoisotopic (exact) mass is 324 g/mol. The van der Waals surface area contributed by atoms with Crippen LogP contribution in [-0.4, -0.2) is 5.78 Å². The molecule has 0 N–H and O–H groups in total. The topological polar surface area (TPSA) is 17.1 Å². The predicted octanol–water partition coefficient (Wildman–Crippen LogP) is 3.95. The Bertz CT molecular complexity index is 402. The van der Waals surface area contributed by atoms with Crippen LogP contribution >= 0.6 is 11.6 Å². The molecule has 20 heavy (non-hydrogen) atoms. The molecule has 0 spiro atoms.